The third-order valence-electron chi connectivity index (χ3n) is 3.88. The largest absolute Gasteiger partial charge is 0.434 e. The van der Waals surface area contributed by atoms with Crippen LogP contribution in [0, 0.1) is 0 Å². The molecule has 3 rings (SSSR count). The van der Waals surface area contributed by atoms with Crippen molar-refractivity contribution in [1.29, 1.82) is 0 Å². The number of alkyl halides is 3. The Morgan fingerprint density at radius 3 is 2.87 bits per heavy atom. The number of aryl methyl sites for hydroxylation is 1. The maximum Gasteiger partial charge on any atom is 0.434 e. The van der Waals surface area contributed by atoms with E-state index in [1.54, 1.807) is 19.4 Å². The van der Waals surface area contributed by atoms with Gasteiger partial charge in [-0.1, -0.05) is 0 Å². The third-order valence-corrected chi connectivity index (χ3v) is 4.89. The molecular weight excluding hydrogens is 329 g/mol. The van der Waals surface area contributed by atoms with Gasteiger partial charge < -0.3 is 9.47 Å². The first-order chi connectivity index (χ1) is 10.9. The van der Waals surface area contributed by atoms with Crippen molar-refractivity contribution in [2.75, 3.05) is 18.0 Å². The number of rotatable bonds is 2. The van der Waals surface area contributed by atoms with Crippen LogP contribution in [0.3, 0.4) is 0 Å². The number of thiazole rings is 1. The van der Waals surface area contributed by atoms with Crippen LogP contribution in [0.25, 0.3) is 0 Å². The number of piperidine rings is 1. The smallest absolute Gasteiger partial charge is 0.351 e. The Bertz CT molecular complexity index is 755. The molecule has 5 nitrogen and oxygen atoms in total. The van der Waals surface area contributed by atoms with Gasteiger partial charge in [0.05, 0.1) is 5.01 Å². The Morgan fingerprint density at radius 1 is 1.39 bits per heavy atom. The predicted octanol–water partition coefficient (Wildman–Crippen LogP) is 2.64. The average Bonchev–Trinajstić information content (AvgIpc) is 3.00. The molecule has 124 valence electrons. The molecule has 0 aromatic carbocycles. The summed E-state index contributed by atoms with van der Waals surface area (Å²) in [6, 6.07) is 0. The SMILES string of the molecule is Cn1ccnc(N2CCCC(c3nc(C(F)(F)F)cs3)C2)c1=O. The summed E-state index contributed by atoms with van der Waals surface area (Å²) < 4.78 is 39.5. The fraction of sp³-hybridized carbons (Fsp3) is 0.500. The molecule has 9 heteroatoms. The zero-order valence-electron chi connectivity index (χ0n) is 12.4. The quantitative estimate of drug-likeness (QED) is 0.840. The van der Waals surface area contributed by atoms with Crippen molar-refractivity contribution in [2.24, 2.45) is 7.05 Å². The van der Waals surface area contributed by atoms with Gasteiger partial charge in [-0.15, -0.1) is 11.3 Å². The van der Waals surface area contributed by atoms with Crippen LogP contribution >= 0.6 is 11.3 Å². The molecule has 1 aliphatic rings. The number of nitrogens with zero attached hydrogens (tertiary/aromatic N) is 4. The van der Waals surface area contributed by atoms with Gasteiger partial charge in [0, 0.05) is 43.8 Å². The molecule has 0 radical (unpaired) electrons. The molecule has 1 fully saturated rings. The minimum atomic E-state index is -4.42. The van der Waals surface area contributed by atoms with Gasteiger partial charge in [-0.25, -0.2) is 9.97 Å². The lowest BCUT2D eigenvalue weighted by atomic mass is 9.99. The second-order valence-corrected chi connectivity index (χ2v) is 6.41. The molecule has 1 unspecified atom stereocenters. The molecule has 1 atom stereocenters. The first kappa shape index (κ1) is 16.0. The summed E-state index contributed by atoms with van der Waals surface area (Å²) in [5.41, 5.74) is -1.05. The zero-order valence-corrected chi connectivity index (χ0v) is 13.2. The van der Waals surface area contributed by atoms with Gasteiger partial charge in [0.15, 0.2) is 11.5 Å². The molecule has 0 bridgehead atoms. The van der Waals surface area contributed by atoms with E-state index in [1.165, 1.54) is 4.57 Å². The molecular formula is C14H15F3N4OS. The van der Waals surface area contributed by atoms with Crippen molar-refractivity contribution in [1.82, 2.24) is 14.5 Å². The van der Waals surface area contributed by atoms with Crippen molar-refractivity contribution >= 4 is 17.2 Å². The monoisotopic (exact) mass is 344 g/mol. The first-order valence-corrected chi connectivity index (χ1v) is 8.03. The third kappa shape index (κ3) is 3.24. The lowest BCUT2D eigenvalue weighted by Crippen LogP contribution is -2.39. The van der Waals surface area contributed by atoms with Crippen molar-refractivity contribution in [3.63, 3.8) is 0 Å². The van der Waals surface area contributed by atoms with E-state index in [0.29, 0.717) is 23.9 Å². The summed E-state index contributed by atoms with van der Waals surface area (Å²) in [5, 5.41) is 1.52. The van der Waals surface area contributed by atoms with Gasteiger partial charge in [-0.3, -0.25) is 4.79 Å². The number of halogens is 3. The Morgan fingerprint density at radius 2 is 2.17 bits per heavy atom. The minimum Gasteiger partial charge on any atom is -0.351 e. The van der Waals surface area contributed by atoms with E-state index in [0.717, 1.165) is 29.6 Å². The average molecular weight is 344 g/mol. The van der Waals surface area contributed by atoms with E-state index in [2.05, 4.69) is 9.97 Å². The summed E-state index contributed by atoms with van der Waals surface area (Å²) in [5.74, 6) is 0.226. The molecule has 0 spiro atoms. The topological polar surface area (TPSA) is 51.0 Å². The van der Waals surface area contributed by atoms with E-state index in [-0.39, 0.29) is 11.5 Å². The van der Waals surface area contributed by atoms with Crippen LogP contribution < -0.4 is 10.5 Å². The number of hydrogen-bond acceptors (Lipinski definition) is 5. The van der Waals surface area contributed by atoms with Gasteiger partial charge in [-0.05, 0) is 12.8 Å². The van der Waals surface area contributed by atoms with Gasteiger partial charge in [-0.2, -0.15) is 13.2 Å². The van der Waals surface area contributed by atoms with Crippen LogP contribution in [0.15, 0.2) is 22.6 Å². The van der Waals surface area contributed by atoms with E-state index in [1.807, 2.05) is 4.90 Å². The maximum absolute atomic E-state index is 12.7. The molecule has 0 aliphatic carbocycles. The highest BCUT2D eigenvalue weighted by molar-refractivity contribution is 7.09. The fourth-order valence-electron chi connectivity index (χ4n) is 2.68. The normalized spacial score (nSPS) is 19.1. The van der Waals surface area contributed by atoms with E-state index in [9.17, 15) is 18.0 Å². The van der Waals surface area contributed by atoms with Gasteiger partial charge in [0.1, 0.15) is 0 Å². The molecule has 1 saturated heterocycles. The van der Waals surface area contributed by atoms with Crippen molar-refractivity contribution < 1.29 is 13.2 Å². The van der Waals surface area contributed by atoms with Crippen LogP contribution in [-0.2, 0) is 13.2 Å². The van der Waals surface area contributed by atoms with Gasteiger partial charge in [0.25, 0.3) is 5.56 Å². The van der Waals surface area contributed by atoms with Gasteiger partial charge in [0.2, 0.25) is 0 Å². The molecule has 0 saturated carbocycles. The second kappa shape index (κ2) is 5.95. The lowest BCUT2D eigenvalue weighted by molar-refractivity contribution is -0.140. The van der Waals surface area contributed by atoms with Crippen LogP contribution in [-0.4, -0.2) is 27.6 Å². The van der Waals surface area contributed by atoms with E-state index < -0.39 is 11.9 Å². The van der Waals surface area contributed by atoms with Crippen molar-refractivity contribution in [3.8, 4) is 0 Å². The predicted molar refractivity (Wildman–Crippen MR) is 80.8 cm³/mol. The number of hydrogen-bond donors (Lipinski definition) is 0. The lowest BCUT2D eigenvalue weighted by Gasteiger charge is -2.32. The van der Waals surface area contributed by atoms with E-state index in [4.69, 9.17) is 0 Å². The molecule has 0 amide bonds. The van der Waals surface area contributed by atoms with Crippen molar-refractivity contribution in [2.45, 2.75) is 24.9 Å². The minimum absolute atomic E-state index is 0.114. The summed E-state index contributed by atoms with van der Waals surface area (Å²) in [6.45, 7) is 1.12. The summed E-state index contributed by atoms with van der Waals surface area (Å²) >= 11 is 1.03. The first-order valence-electron chi connectivity index (χ1n) is 7.15. The zero-order chi connectivity index (χ0) is 16.6. The number of aromatic nitrogens is 3. The Balaban J connectivity index is 1.82. The fourth-order valence-corrected chi connectivity index (χ4v) is 3.63. The van der Waals surface area contributed by atoms with Crippen LogP contribution in [0.5, 0.6) is 0 Å². The second-order valence-electron chi connectivity index (χ2n) is 5.52. The van der Waals surface area contributed by atoms with E-state index >= 15 is 0 Å². The van der Waals surface area contributed by atoms with Gasteiger partial charge >= 0.3 is 6.18 Å². The highest BCUT2D eigenvalue weighted by Gasteiger charge is 2.35. The summed E-state index contributed by atoms with van der Waals surface area (Å²) in [6.07, 6.45) is 0.245. The Hall–Kier alpha value is -1.90. The van der Waals surface area contributed by atoms with Crippen LogP contribution in [0.2, 0.25) is 0 Å². The molecule has 1 aliphatic heterocycles. The maximum atomic E-state index is 12.7. The standard InChI is InChI=1S/C14H15F3N4OS/c1-20-6-4-18-11(13(20)22)21-5-2-3-9(7-21)12-19-10(8-23-12)14(15,16)17/h4,6,8-9H,2-3,5,7H2,1H3. The number of anilines is 1. The van der Waals surface area contributed by atoms with Crippen molar-refractivity contribution in [3.05, 3.63) is 38.8 Å². The molecule has 0 N–H and O–H groups in total. The van der Waals surface area contributed by atoms with Crippen LogP contribution in [0.1, 0.15) is 29.5 Å². The Kier molecular flexibility index (Phi) is 4.13. The summed E-state index contributed by atoms with van der Waals surface area (Å²) in [7, 11) is 1.64. The highest BCUT2D eigenvalue weighted by Crippen LogP contribution is 2.35. The molecule has 2 aromatic rings. The summed E-state index contributed by atoms with van der Waals surface area (Å²) in [4.78, 5) is 21.8. The molecule has 23 heavy (non-hydrogen) atoms. The highest BCUT2D eigenvalue weighted by atomic mass is 32.1. The van der Waals surface area contributed by atoms with Crippen LogP contribution in [0.4, 0.5) is 19.0 Å². The molecule has 2 aromatic heterocycles. The Labute approximate surface area is 134 Å². The molecule has 3 heterocycles.